The second-order valence-electron chi connectivity index (χ2n) is 4.58. The minimum atomic E-state index is 0.405. The fourth-order valence-electron chi connectivity index (χ4n) is 2.50. The van der Waals surface area contributed by atoms with Crippen LogP contribution < -0.4 is 5.32 Å². The van der Waals surface area contributed by atoms with E-state index in [0.29, 0.717) is 6.04 Å². The normalized spacial score (nSPS) is 18.1. The predicted octanol–water partition coefficient (Wildman–Crippen LogP) is 3.05. The molecule has 1 aliphatic heterocycles. The highest BCUT2D eigenvalue weighted by atomic mass is 32.1. The Labute approximate surface area is 111 Å². The molecule has 1 N–H and O–H groups in total. The summed E-state index contributed by atoms with van der Waals surface area (Å²) in [5.74, 6) is 0. The van der Waals surface area contributed by atoms with Crippen LogP contribution in [0.5, 0.6) is 0 Å². The Morgan fingerprint density at radius 1 is 1.39 bits per heavy atom. The quantitative estimate of drug-likeness (QED) is 0.894. The van der Waals surface area contributed by atoms with Crippen LogP contribution in [0.1, 0.15) is 27.6 Å². The summed E-state index contributed by atoms with van der Waals surface area (Å²) in [7, 11) is 0. The third-order valence-electron chi connectivity index (χ3n) is 3.38. The first-order valence-electron chi connectivity index (χ1n) is 6.15. The summed E-state index contributed by atoms with van der Waals surface area (Å²) in [6, 6.07) is 12.8. The Hall–Kier alpha value is -1.63. The number of benzene rings is 1. The van der Waals surface area contributed by atoms with E-state index in [-0.39, 0.29) is 0 Å². The Kier molecular flexibility index (Phi) is 3.14. The summed E-state index contributed by atoms with van der Waals surface area (Å²) < 4.78 is 0. The lowest BCUT2D eigenvalue weighted by molar-refractivity contribution is 0.512. The lowest BCUT2D eigenvalue weighted by Crippen LogP contribution is -2.29. The van der Waals surface area contributed by atoms with Crippen LogP contribution in [0.25, 0.3) is 0 Å². The molecule has 0 spiro atoms. The molecule has 3 heteroatoms. The Morgan fingerprint density at radius 2 is 2.33 bits per heavy atom. The lowest BCUT2D eigenvalue weighted by atomic mass is 9.97. The largest absolute Gasteiger partial charge is 0.309 e. The van der Waals surface area contributed by atoms with E-state index in [1.54, 1.807) is 0 Å². The van der Waals surface area contributed by atoms with Gasteiger partial charge >= 0.3 is 0 Å². The molecule has 0 saturated heterocycles. The van der Waals surface area contributed by atoms with Crippen molar-refractivity contribution >= 4 is 11.3 Å². The standard InChI is InChI=1S/C15H14N2S/c16-10-12-3-1-2-11(8-12)9-14-15-13(4-6-17-14)5-7-18-15/h1-3,5,7-8,14,17H,4,6,9H2/t14-/m1/s1. The minimum absolute atomic E-state index is 0.405. The van der Waals surface area contributed by atoms with Crippen LogP contribution in [0.15, 0.2) is 35.7 Å². The van der Waals surface area contributed by atoms with E-state index >= 15 is 0 Å². The van der Waals surface area contributed by atoms with Crippen molar-refractivity contribution in [1.82, 2.24) is 5.32 Å². The molecule has 1 aliphatic rings. The second-order valence-corrected chi connectivity index (χ2v) is 5.53. The van der Waals surface area contributed by atoms with Crippen molar-refractivity contribution in [3.63, 3.8) is 0 Å². The van der Waals surface area contributed by atoms with E-state index in [1.807, 2.05) is 29.5 Å². The van der Waals surface area contributed by atoms with Crippen molar-refractivity contribution in [2.75, 3.05) is 6.54 Å². The van der Waals surface area contributed by atoms with E-state index in [4.69, 9.17) is 5.26 Å². The minimum Gasteiger partial charge on any atom is -0.309 e. The summed E-state index contributed by atoms with van der Waals surface area (Å²) in [4.78, 5) is 1.46. The van der Waals surface area contributed by atoms with Crippen molar-refractivity contribution in [3.05, 3.63) is 57.3 Å². The Morgan fingerprint density at radius 3 is 3.22 bits per heavy atom. The van der Waals surface area contributed by atoms with Crippen LogP contribution in [0, 0.1) is 11.3 Å². The zero-order valence-corrected chi connectivity index (χ0v) is 10.8. The average molecular weight is 254 g/mol. The summed E-state index contributed by atoms with van der Waals surface area (Å²) in [6.07, 6.45) is 2.09. The van der Waals surface area contributed by atoms with Crippen molar-refractivity contribution in [2.24, 2.45) is 0 Å². The summed E-state index contributed by atoms with van der Waals surface area (Å²) in [5.41, 5.74) is 3.46. The molecule has 1 atom stereocenters. The molecule has 2 heterocycles. The number of nitrogens with zero attached hydrogens (tertiary/aromatic N) is 1. The molecule has 0 aliphatic carbocycles. The van der Waals surface area contributed by atoms with Gasteiger partial charge < -0.3 is 5.32 Å². The van der Waals surface area contributed by atoms with Crippen molar-refractivity contribution in [1.29, 1.82) is 5.26 Å². The lowest BCUT2D eigenvalue weighted by Gasteiger charge is -2.24. The predicted molar refractivity (Wildman–Crippen MR) is 73.6 cm³/mol. The molecular weight excluding hydrogens is 240 g/mol. The van der Waals surface area contributed by atoms with E-state index in [0.717, 1.165) is 24.9 Å². The first-order valence-corrected chi connectivity index (χ1v) is 7.03. The number of nitriles is 1. The topological polar surface area (TPSA) is 35.8 Å². The highest BCUT2D eigenvalue weighted by Gasteiger charge is 2.20. The van der Waals surface area contributed by atoms with Gasteiger partial charge in [-0.2, -0.15) is 5.26 Å². The maximum absolute atomic E-state index is 8.93. The number of nitrogens with one attached hydrogen (secondary N) is 1. The third kappa shape index (κ3) is 2.17. The molecule has 0 bridgehead atoms. The Bertz CT molecular complexity index is 595. The first-order chi connectivity index (χ1) is 8.86. The van der Waals surface area contributed by atoms with Gasteiger partial charge in [0.25, 0.3) is 0 Å². The molecule has 0 unspecified atom stereocenters. The fraction of sp³-hybridized carbons (Fsp3) is 0.267. The third-order valence-corrected chi connectivity index (χ3v) is 4.45. The van der Waals surface area contributed by atoms with E-state index in [2.05, 4.69) is 28.9 Å². The molecule has 2 nitrogen and oxygen atoms in total. The van der Waals surface area contributed by atoms with Gasteiger partial charge in [-0.25, -0.2) is 0 Å². The molecule has 90 valence electrons. The van der Waals surface area contributed by atoms with Gasteiger partial charge in [0.2, 0.25) is 0 Å². The SMILES string of the molecule is N#Cc1cccc(C[C@H]2NCCc3ccsc32)c1. The Balaban J connectivity index is 1.84. The zero-order valence-electron chi connectivity index (χ0n) is 10.0. The molecule has 3 rings (SSSR count). The van der Waals surface area contributed by atoms with Crippen LogP contribution in [0.3, 0.4) is 0 Å². The molecule has 2 aromatic rings. The first kappa shape index (κ1) is 11.5. The number of rotatable bonds is 2. The van der Waals surface area contributed by atoms with E-state index in [1.165, 1.54) is 16.0 Å². The van der Waals surface area contributed by atoms with Gasteiger partial charge in [0.05, 0.1) is 11.6 Å². The number of hydrogen-bond donors (Lipinski definition) is 1. The molecule has 0 fully saturated rings. The van der Waals surface area contributed by atoms with Crippen molar-refractivity contribution < 1.29 is 0 Å². The second kappa shape index (κ2) is 4.93. The summed E-state index contributed by atoms with van der Waals surface area (Å²) >= 11 is 1.84. The highest BCUT2D eigenvalue weighted by Crippen LogP contribution is 2.30. The highest BCUT2D eigenvalue weighted by molar-refractivity contribution is 7.10. The molecule has 0 amide bonds. The molecule has 1 aromatic carbocycles. The van der Waals surface area contributed by atoms with E-state index in [9.17, 15) is 0 Å². The van der Waals surface area contributed by atoms with Gasteiger partial charge in [0.15, 0.2) is 0 Å². The van der Waals surface area contributed by atoms with Gasteiger partial charge in [0, 0.05) is 10.9 Å². The molecule has 18 heavy (non-hydrogen) atoms. The van der Waals surface area contributed by atoms with Crippen LogP contribution >= 0.6 is 11.3 Å². The summed E-state index contributed by atoms with van der Waals surface area (Å²) in [6.45, 7) is 1.05. The number of thiophene rings is 1. The van der Waals surface area contributed by atoms with Gasteiger partial charge in [-0.3, -0.25) is 0 Å². The van der Waals surface area contributed by atoms with Crippen LogP contribution in [0.4, 0.5) is 0 Å². The molecule has 0 saturated carbocycles. The van der Waals surface area contributed by atoms with Gasteiger partial charge in [-0.15, -0.1) is 11.3 Å². The monoisotopic (exact) mass is 254 g/mol. The van der Waals surface area contributed by atoms with Gasteiger partial charge in [0.1, 0.15) is 0 Å². The fourth-order valence-corrected chi connectivity index (χ4v) is 3.53. The van der Waals surface area contributed by atoms with Gasteiger partial charge in [-0.05, 0) is 54.1 Å². The molecular formula is C15H14N2S. The number of fused-ring (bicyclic) bond motifs is 1. The van der Waals surface area contributed by atoms with Crippen LogP contribution in [-0.4, -0.2) is 6.54 Å². The zero-order chi connectivity index (χ0) is 12.4. The van der Waals surface area contributed by atoms with Gasteiger partial charge in [-0.1, -0.05) is 12.1 Å². The average Bonchev–Trinajstić information content (AvgIpc) is 2.88. The smallest absolute Gasteiger partial charge is 0.0991 e. The van der Waals surface area contributed by atoms with E-state index < -0.39 is 0 Å². The molecule has 0 radical (unpaired) electrons. The van der Waals surface area contributed by atoms with Crippen molar-refractivity contribution in [3.8, 4) is 6.07 Å². The van der Waals surface area contributed by atoms with Crippen LogP contribution in [-0.2, 0) is 12.8 Å². The van der Waals surface area contributed by atoms with Crippen LogP contribution in [0.2, 0.25) is 0 Å². The maximum atomic E-state index is 8.93. The maximum Gasteiger partial charge on any atom is 0.0991 e. The summed E-state index contributed by atoms with van der Waals surface area (Å²) in [5, 5.41) is 14.7. The van der Waals surface area contributed by atoms with Crippen molar-refractivity contribution in [2.45, 2.75) is 18.9 Å². The molecule has 1 aromatic heterocycles. The number of hydrogen-bond acceptors (Lipinski definition) is 3.